The molecule has 1 N–H and O–H groups in total. The molecule has 0 heterocycles. The molecule has 0 aliphatic heterocycles. The lowest BCUT2D eigenvalue weighted by Crippen LogP contribution is -2.28. The normalized spacial score (nSPS) is 12.9. The summed E-state index contributed by atoms with van der Waals surface area (Å²) >= 11 is 0. The van der Waals surface area contributed by atoms with E-state index in [1.165, 1.54) is 0 Å². The van der Waals surface area contributed by atoms with E-state index < -0.39 is 5.41 Å². The zero-order valence-electron chi connectivity index (χ0n) is 16.7. The fourth-order valence-electron chi connectivity index (χ4n) is 3.05. The van der Waals surface area contributed by atoms with Crippen molar-refractivity contribution in [2.75, 3.05) is 0 Å². The van der Waals surface area contributed by atoms with Crippen molar-refractivity contribution in [3.63, 3.8) is 0 Å². The number of rotatable bonds is 7. The number of carbonyl (C=O) groups excluding carboxylic acids is 2. The molecule has 25 heavy (non-hydrogen) atoms. The van der Waals surface area contributed by atoms with Gasteiger partial charge >= 0.3 is 0 Å². The van der Waals surface area contributed by atoms with Crippen molar-refractivity contribution in [3.05, 3.63) is 28.8 Å². The molecular formula is C22H32O3. The fraction of sp³-hybridized carbons (Fsp3) is 0.636. The first-order chi connectivity index (χ1) is 11.4. The first kappa shape index (κ1) is 21.4. The minimum atomic E-state index is -1.22. The van der Waals surface area contributed by atoms with Crippen molar-refractivity contribution in [2.45, 2.75) is 85.0 Å². The second kappa shape index (κ2) is 7.72. The quantitative estimate of drug-likeness (QED) is 0.714. The van der Waals surface area contributed by atoms with Crippen LogP contribution in [0.1, 0.15) is 84.4 Å². The molecule has 1 aromatic rings. The number of benzene rings is 1. The van der Waals surface area contributed by atoms with E-state index in [1.54, 1.807) is 0 Å². The maximum atomic E-state index is 11.6. The number of phenols is 1. The minimum Gasteiger partial charge on any atom is -0.507 e. The van der Waals surface area contributed by atoms with Crippen LogP contribution < -0.4 is 0 Å². The molecule has 0 spiro atoms. The Labute approximate surface area is 152 Å². The van der Waals surface area contributed by atoms with E-state index in [1.807, 2.05) is 73.2 Å². The smallest absolute Gasteiger partial charge is 0.213 e. The van der Waals surface area contributed by atoms with E-state index in [4.69, 9.17) is 0 Å². The summed E-state index contributed by atoms with van der Waals surface area (Å²) in [5.41, 5.74) is 0.809. The molecule has 3 nitrogen and oxygen atoms in total. The zero-order chi connectivity index (χ0) is 19.5. The van der Waals surface area contributed by atoms with Crippen molar-refractivity contribution in [1.29, 1.82) is 0 Å². The van der Waals surface area contributed by atoms with E-state index in [0.29, 0.717) is 12.2 Å². The Balaban J connectivity index is 3.49. The highest BCUT2D eigenvalue weighted by Gasteiger charge is 2.34. The van der Waals surface area contributed by atoms with E-state index in [0.717, 1.165) is 29.5 Å². The number of unbranched alkanes of at least 4 members (excludes halogenated alkanes) is 1. The highest BCUT2D eigenvalue weighted by atomic mass is 16.3. The standard InChI is InChI=1S/C22H32O3/c1-8-9-10-22(14-23,15-24)13-16-11-17(20(2,3)4)19(25)18(12-16)21(5,6)7/h11-12,25H,8-10,13H2,1-7H3. The SMILES string of the molecule is CCCCC([C]=O)([C]=O)Cc1cc(C(C)(C)C)c(O)c(C(C)(C)C)c1. The topological polar surface area (TPSA) is 54.4 Å². The molecular weight excluding hydrogens is 312 g/mol. The number of hydrogen-bond acceptors (Lipinski definition) is 3. The lowest BCUT2D eigenvalue weighted by Gasteiger charge is -2.29. The molecule has 0 aromatic heterocycles. The molecule has 0 amide bonds. The Morgan fingerprint density at radius 1 is 0.920 bits per heavy atom. The minimum absolute atomic E-state index is 0.248. The molecule has 0 aliphatic rings. The monoisotopic (exact) mass is 344 g/mol. The van der Waals surface area contributed by atoms with Crippen LogP contribution in [-0.4, -0.2) is 17.7 Å². The molecule has 3 heteroatoms. The second-order valence-corrected chi connectivity index (χ2v) is 9.11. The number of hydrogen-bond donors (Lipinski definition) is 1. The van der Waals surface area contributed by atoms with E-state index in [9.17, 15) is 14.7 Å². The number of aromatic hydroxyl groups is 1. The number of phenolic OH excluding ortho intramolecular Hbond substituents is 1. The zero-order valence-corrected chi connectivity index (χ0v) is 16.7. The molecule has 2 radical (unpaired) electrons. The fourth-order valence-corrected chi connectivity index (χ4v) is 3.05. The van der Waals surface area contributed by atoms with Gasteiger partial charge in [-0.15, -0.1) is 0 Å². The third-order valence-electron chi connectivity index (χ3n) is 4.64. The van der Waals surface area contributed by atoms with Gasteiger partial charge in [0.15, 0.2) is 0 Å². The predicted molar refractivity (Wildman–Crippen MR) is 103 cm³/mol. The summed E-state index contributed by atoms with van der Waals surface area (Å²) in [6.45, 7) is 14.3. The van der Waals surface area contributed by atoms with Crippen LogP contribution in [0.15, 0.2) is 12.1 Å². The highest BCUT2D eigenvalue weighted by Crippen LogP contribution is 2.41. The summed E-state index contributed by atoms with van der Waals surface area (Å²) < 4.78 is 0. The summed E-state index contributed by atoms with van der Waals surface area (Å²) in [6, 6.07) is 3.83. The van der Waals surface area contributed by atoms with Crippen LogP contribution in [-0.2, 0) is 26.8 Å². The van der Waals surface area contributed by atoms with Gasteiger partial charge in [0, 0.05) is 0 Å². The lowest BCUT2D eigenvalue weighted by molar-refractivity contribution is 0.408. The molecule has 0 saturated heterocycles. The van der Waals surface area contributed by atoms with Crippen LogP contribution in [0.2, 0.25) is 0 Å². The van der Waals surface area contributed by atoms with Gasteiger partial charge in [0.2, 0.25) is 12.6 Å². The van der Waals surface area contributed by atoms with Crippen molar-refractivity contribution >= 4 is 12.6 Å². The van der Waals surface area contributed by atoms with Gasteiger partial charge in [-0.1, -0.05) is 73.4 Å². The Bertz CT molecular complexity index is 572. The second-order valence-electron chi connectivity index (χ2n) is 9.11. The van der Waals surface area contributed by atoms with Gasteiger partial charge in [0.05, 0.1) is 0 Å². The maximum Gasteiger partial charge on any atom is 0.213 e. The highest BCUT2D eigenvalue weighted by molar-refractivity contribution is 5.85. The molecule has 0 aliphatic carbocycles. The molecule has 1 aromatic carbocycles. The molecule has 138 valence electrons. The van der Waals surface area contributed by atoms with Gasteiger partial charge in [-0.2, -0.15) is 0 Å². The van der Waals surface area contributed by atoms with Crippen LogP contribution in [0.4, 0.5) is 0 Å². The van der Waals surface area contributed by atoms with Gasteiger partial charge in [0.25, 0.3) is 0 Å². The molecule has 0 saturated carbocycles. The Kier molecular flexibility index (Phi) is 6.61. The van der Waals surface area contributed by atoms with Crippen molar-refractivity contribution in [1.82, 2.24) is 0 Å². The molecule has 0 bridgehead atoms. The van der Waals surface area contributed by atoms with Crippen LogP contribution in [0.5, 0.6) is 5.75 Å². The largest absolute Gasteiger partial charge is 0.507 e. The third-order valence-corrected chi connectivity index (χ3v) is 4.64. The van der Waals surface area contributed by atoms with E-state index in [-0.39, 0.29) is 17.3 Å². The van der Waals surface area contributed by atoms with Crippen LogP contribution in [0.3, 0.4) is 0 Å². The summed E-state index contributed by atoms with van der Waals surface area (Å²) in [5.74, 6) is 0.299. The van der Waals surface area contributed by atoms with Crippen molar-refractivity contribution < 1.29 is 14.7 Å². The van der Waals surface area contributed by atoms with Crippen LogP contribution >= 0.6 is 0 Å². The van der Waals surface area contributed by atoms with Gasteiger partial charge < -0.3 is 5.11 Å². The van der Waals surface area contributed by atoms with Crippen molar-refractivity contribution in [3.8, 4) is 5.75 Å². The third kappa shape index (κ3) is 5.17. The van der Waals surface area contributed by atoms with Gasteiger partial charge in [-0.05, 0) is 40.4 Å². The summed E-state index contributed by atoms with van der Waals surface area (Å²) in [4.78, 5) is 23.1. The van der Waals surface area contributed by atoms with Gasteiger partial charge in [-0.3, -0.25) is 9.59 Å². The van der Waals surface area contributed by atoms with Gasteiger partial charge in [0.1, 0.15) is 11.2 Å². The maximum absolute atomic E-state index is 11.6. The first-order valence-corrected chi connectivity index (χ1v) is 9.05. The van der Waals surface area contributed by atoms with E-state index in [2.05, 4.69) is 0 Å². The first-order valence-electron chi connectivity index (χ1n) is 9.05. The Morgan fingerprint density at radius 2 is 1.36 bits per heavy atom. The van der Waals surface area contributed by atoms with E-state index >= 15 is 0 Å². The Morgan fingerprint density at radius 3 is 1.68 bits per heavy atom. The molecule has 1 rings (SSSR count). The summed E-state index contributed by atoms with van der Waals surface area (Å²) in [6.07, 6.45) is 6.29. The lowest BCUT2D eigenvalue weighted by atomic mass is 9.75. The summed E-state index contributed by atoms with van der Waals surface area (Å²) in [5, 5.41) is 10.8. The molecule has 0 unspecified atom stereocenters. The predicted octanol–water partition coefficient (Wildman–Crippen LogP) is 4.93. The molecule has 0 atom stereocenters. The average molecular weight is 344 g/mol. The van der Waals surface area contributed by atoms with Gasteiger partial charge in [-0.25, -0.2) is 0 Å². The van der Waals surface area contributed by atoms with Crippen LogP contribution in [0, 0.1) is 5.41 Å². The van der Waals surface area contributed by atoms with Crippen molar-refractivity contribution in [2.24, 2.45) is 5.41 Å². The molecule has 0 fully saturated rings. The van der Waals surface area contributed by atoms with Crippen LogP contribution in [0.25, 0.3) is 0 Å². The average Bonchev–Trinajstić information content (AvgIpc) is 2.50. The summed E-state index contributed by atoms with van der Waals surface area (Å²) in [7, 11) is 0. The Hall–Kier alpha value is -1.64.